The average Bonchev–Trinajstić information content (AvgIpc) is 2.70. The van der Waals surface area contributed by atoms with Crippen molar-refractivity contribution in [3.8, 4) is 11.5 Å². The quantitative estimate of drug-likeness (QED) is 0.557. The van der Waals surface area contributed by atoms with Gasteiger partial charge in [0.05, 0.1) is 25.6 Å². The first kappa shape index (κ1) is 23.8. The molecule has 0 fully saturated rings. The summed E-state index contributed by atoms with van der Waals surface area (Å²) >= 11 is 6.04. The van der Waals surface area contributed by atoms with E-state index < -0.39 is 22.0 Å². The fourth-order valence-corrected chi connectivity index (χ4v) is 4.27. The number of carbonyl (C=O) groups is 1. The predicted molar refractivity (Wildman–Crippen MR) is 119 cm³/mol. The minimum atomic E-state index is -3.79. The maximum Gasteiger partial charge on any atom is 0.243 e. The molecule has 9 heteroatoms. The molecule has 1 atom stereocenters. The van der Waals surface area contributed by atoms with E-state index in [0.29, 0.717) is 16.5 Å². The Hall–Kier alpha value is -2.45. The Labute approximate surface area is 183 Å². The number of sulfonamides is 1. The summed E-state index contributed by atoms with van der Waals surface area (Å²) in [4.78, 5) is 12.6. The molecule has 0 aliphatic rings. The molecule has 2 aromatic rings. The van der Waals surface area contributed by atoms with Crippen LogP contribution in [0.3, 0.4) is 0 Å². The number of methoxy groups -OCH3 is 1. The van der Waals surface area contributed by atoms with Crippen LogP contribution >= 0.6 is 11.6 Å². The van der Waals surface area contributed by atoms with E-state index in [4.69, 9.17) is 21.1 Å². The number of hydrogen-bond acceptors (Lipinski definition) is 5. The SMILES string of the molecule is CCc1ccc(OCCNC(=O)[C@H](C)N(c2cc(Cl)ccc2OC)S(C)(=O)=O)cc1. The molecular formula is C21H27ClN2O5S. The number of rotatable bonds is 10. The van der Waals surface area contributed by atoms with Crippen LogP contribution in [0.4, 0.5) is 5.69 Å². The minimum Gasteiger partial charge on any atom is -0.495 e. The second-order valence-corrected chi connectivity index (χ2v) is 8.98. The summed E-state index contributed by atoms with van der Waals surface area (Å²) in [5.41, 5.74) is 1.41. The number of amides is 1. The highest BCUT2D eigenvalue weighted by atomic mass is 35.5. The van der Waals surface area contributed by atoms with Gasteiger partial charge in [-0.1, -0.05) is 30.7 Å². The number of anilines is 1. The molecule has 164 valence electrons. The summed E-state index contributed by atoms with van der Waals surface area (Å²) in [6, 6.07) is 11.3. The van der Waals surface area contributed by atoms with Crippen LogP contribution in [-0.2, 0) is 21.2 Å². The Morgan fingerprint density at radius 3 is 2.43 bits per heavy atom. The molecular weight excluding hydrogens is 428 g/mol. The first-order chi connectivity index (χ1) is 14.2. The number of nitrogens with zero attached hydrogens (tertiary/aromatic N) is 1. The van der Waals surface area contributed by atoms with E-state index in [2.05, 4.69) is 12.2 Å². The van der Waals surface area contributed by atoms with E-state index in [-0.39, 0.29) is 18.8 Å². The lowest BCUT2D eigenvalue weighted by Gasteiger charge is -2.29. The number of aryl methyl sites for hydroxylation is 1. The van der Waals surface area contributed by atoms with Crippen LogP contribution < -0.4 is 19.1 Å². The largest absolute Gasteiger partial charge is 0.495 e. The number of benzene rings is 2. The normalized spacial score (nSPS) is 12.2. The summed E-state index contributed by atoms with van der Waals surface area (Å²) in [7, 11) is -2.37. The molecule has 1 amide bonds. The van der Waals surface area contributed by atoms with E-state index in [1.807, 2.05) is 24.3 Å². The Balaban J connectivity index is 2.04. The van der Waals surface area contributed by atoms with Crippen molar-refractivity contribution < 1.29 is 22.7 Å². The molecule has 7 nitrogen and oxygen atoms in total. The second kappa shape index (κ2) is 10.5. The van der Waals surface area contributed by atoms with Crippen molar-refractivity contribution in [2.75, 3.05) is 30.8 Å². The van der Waals surface area contributed by atoms with Crippen molar-refractivity contribution in [2.24, 2.45) is 0 Å². The zero-order chi connectivity index (χ0) is 22.3. The van der Waals surface area contributed by atoms with E-state index in [9.17, 15) is 13.2 Å². The monoisotopic (exact) mass is 454 g/mol. The minimum absolute atomic E-state index is 0.197. The molecule has 0 bridgehead atoms. The second-order valence-electron chi connectivity index (χ2n) is 6.69. The summed E-state index contributed by atoms with van der Waals surface area (Å²) in [5, 5.41) is 3.03. The maximum absolute atomic E-state index is 12.6. The van der Waals surface area contributed by atoms with Crippen LogP contribution in [0.2, 0.25) is 5.02 Å². The van der Waals surface area contributed by atoms with Crippen molar-refractivity contribution in [3.05, 3.63) is 53.1 Å². The van der Waals surface area contributed by atoms with Gasteiger partial charge in [-0.2, -0.15) is 0 Å². The molecule has 0 spiro atoms. The highest BCUT2D eigenvalue weighted by Crippen LogP contribution is 2.34. The van der Waals surface area contributed by atoms with Crippen molar-refractivity contribution in [3.63, 3.8) is 0 Å². The molecule has 0 heterocycles. The molecule has 0 aliphatic carbocycles. The first-order valence-electron chi connectivity index (χ1n) is 9.49. The van der Waals surface area contributed by atoms with Gasteiger partial charge in [-0.3, -0.25) is 9.10 Å². The lowest BCUT2D eigenvalue weighted by molar-refractivity contribution is -0.121. The van der Waals surface area contributed by atoms with Gasteiger partial charge in [-0.15, -0.1) is 0 Å². The van der Waals surface area contributed by atoms with E-state index in [0.717, 1.165) is 17.0 Å². The smallest absolute Gasteiger partial charge is 0.243 e. The van der Waals surface area contributed by atoms with Crippen molar-refractivity contribution >= 4 is 33.2 Å². The molecule has 0 saturated heterocycles. The van der Waals surface area contributed by atoms with Crippen LogP contribution in [0.5, 0.6) is 11.5 Å². The molecule has 0 radical (unpaired) electrons. The average molecular weight is 455 g/mol. The molecule has 2 aromatic carbocycles. The van der Waals surface area contributed by atoms with Crippen molar-refractivity contribution in [1.29, 1.82) is 0 Å². The van der Waals surface area contributed by atoms with Gasteiger partial charge in [0.2, 0.25) is 15.9 Å². The lowest BCUT2D eigenvalue weighted by atomic mass is 10.2. The number of nitrogens with one attached hydrogen (secondary N) is 1. The van der Waals surface area contributed by atoms with Gasteiger partial charge in [0.25, 0.3) is 0 Å². The van der Waals surface area contributed by atoms with Crippen LogP contribution in [-0.4, -0.2) is 46.9 Å². The fraction of sp³-hybridized carbons (Fsp3) is 0.381. The zero-order valence-electron chi connectivity index (χ0n) is 17.5. The van der Waals surface area contributed by atoms with Crippen LogP contribution in [0.25, 0.3) is 0 Å². The van der Waals surface area contributed by atoms with Crippen LogP contribution in [0, 0.1) is 0 Å². The third-order valence-corrected chi connectivity index (χ3v) is 5.93. The van der Waals surface area contributed by atoms with E-state index in [1.54, 1.807) is 12.1 Å². The maximum atomic E-state index is 12.6. The lowest BCUT2D eigenvalue weighted by Crippen LogP contribution is -2.48. The van der Waals surface area contributed by atoms with Crippen molar-refractivity contribution in [2.45, 2.75) is 26.3 Å². The molecule has 0 unspecified atom stereocenters. The number of hydrogen-bond donors (Lipinski definition) is 1. The fourth-order valence-electron chi connectivity index (χ4n) is 2.93. The molecule has 30 heavy (non-hydrogen) atoms. The highest BCUT2D eigenvalue weighted by molar-refractivity contribution is 7.92. The van der Waals surface area contributed by atoms with Crippen molar-refractivity contribution in [1.82, 2.24) is 5.32 Å². The summed E-state index contributed by atoms with van der Waals surface area (Å²) in [6.07, 6.45) is 1.97. The predicted octanol–water partition coefficient (Wildman–Crippen LogP) is 3.26. The Morgan fingerprint density at radius 2 is 1.87 bits per heavy atom. The first-order valence-corrected chi connectivity index (χ1v) is 11.7. The Morgan fingerprint density at radius 1 is 1.20 bits per heavy atom. The van der Waals surface area contributed by atoms with Gasteiger partial charge in [-0.25, -0.2) is 8.42 Å². The van der Waals surface area contributed by atoms with Crippen LogP contribution in [0.15, 0.2) is 42.5 Å². The highest BCUT2D eigenvalue weighted by Gasteiger charge is 2.31. The molecule has 0 aromatic heterocycles. The summed E-state index contributed by atoms with van der Waals surface area (Å²) in [6.45, 7) is 4.05. The zero-order valence-corrected chi connectivity index (χ0v) is 19.1. The third-order valence-electron chi connectivity index (χ3n) is 4.47. The molecule has 0 aliphatic heterocycles. The van der Waals surface area contributed by atoms with Gasteiger partial charge in [0.15, 0.2) is 0 Å². The van der Waals surface area contributed by atoms with E-state index >= 15 is 0 Å². The van der Waals surface area contributed by atoms with Gasteiger partial charge in [0.1, 0.15) is 24.1 Å². The molecule has 1 N–H and O–H groups in total. The van der Waals surface area contributed by atoms with Gasteiger partial charge < -0.3 is 14.8 Å². The van der Waals surface area contributed by atoms with Gasteiger partial charge in [0, 0.05) is 5.02 Å². The standard InChI is InChI=1S/C21H27ClN2O5S/c1-5-16-6-9-18(10-7-16)29-13-12-23-21(25)15(2)24(30(4,26)27)19-14-17(22)8-11-20(19)28-3/h6-11,14-15H,5,12-13H2,1-4H3,(H,23,25)/t15-/m0/s1. The van der Waals surface area contributed by atoms with E-state index in [1.165, 1.54) is 25.7 Å². The summed E-state index contributed by atoms with van der Waals surface area (Å²) < 4.78 is 36.8. The molecule has 2 rings (SSSR count). The number of carbonyl (C=O) groups excluding carboxylic acids is 1. The van der Waals surface area contributed by atoms with Crippen LogP contribution in [0.1, 0.15) is 19.4 Å². The number of halogens is 1. The Bertz CT molecular complexity index is 964. The topological polar surface area (TPSA) is 84.9 Å². The van der Waals surface area contributed by atoms with Gasteiger partial charge >= 0.3 is 0 Å². The third kappa shape index (κ3) is 6.27. The number of ether oxygens (including phenoxy) is 2. The van der Waals surface area contributed by atoms with Gasteiger partial charge in [-0.05, 0) is 49.2 Å². The Kier molecular flexibility index (Phi) is 8.37. The molecule has 0 saturated carbocycles. The summed E-state index contributed by atoms with van der Waals surface area (Å²) in [5.74, 6) is 0.534.